The van der Waals surface area contributed by atoms with Crippen molar-refractivity contribution < 1.29 is 8.42 Å². The molecule has 2 rings (SSSR count). The minimum Gasteiger partial charge on any atom is -0.307 e. The average molecular weight is 351 g/mol. The molecule has 0 aliphatic carbocycles. The standard InChI is InChI=1S/C7H7BrN6O2S2/c8-4-1-5(7(12-9)10-2-4)18(15,16)13-6-3-11-14-17-6/h1-3,13H,9H2,(H,10,12). The maximum atomic E-state index is 12.1. The van der Waals surface area contributed by atoms with Gasteiger partial charge in [0.25, 0.3) is 10.0 Å². The topological polar surface area (TPSA) is 123 Å². The van der Waals surface area contributed by atoms with Gasteiger partial charge in [0.2, 0.25) is 0 Å². The summed E-state index contributed by atoms with van der Waals surface area (Å²) in [7, 11) is -3.80. The number of hydrazine groups is 1. The van der Waals surface area contributed by atoms with Crippen LogP contribution >= 0.6 is 27.5 Å². The van der Waals surface area contributed by atoms with Crippen LogP contribution in [0.4, 0.5) is 10.8 Å². The number of anilines is 2. The summed E-state index contributed by atoms with van der Waals surface area (Å²) in [6.07, 6.45) is 2.74. The van der Waals surface area contributed by atoms with Crippen molar-refractivity contribution in [2.45, 2.75) is 4.90 Å². The molecule has 0 fully saturated rings. The Bertz CT molecular complexity index is 644. The predicted octanol–water partition coefficient (Wildman–Crippen LogP) is 0.782. The first-order chi connectivity index (χ1) is 8.53. The van der Waals surface area contributed by atoms with Crippen LogP contribution in [-0.4, -0.2) is 23.0 Å². The van der Waals surface area contributed by atoms with Gasteiger partial charge in [-0.05, 0) is 22.0 Å². The molecule has 0 radical (unpaired) electrons. The van der Waals surface area contributed by atoms with Gasteiger partial charge in [-0.15, -0.1) is 5.10 Å². The van der Waals surface area contributed by atoms with Gasteiger partial charge in [-0.3, -0.25) is 4.72 Å². The van der Waals surface area contributed by atoms with Gasteiger partial charge < -0.3 is 5.43 Å². The van der Waals surface area contributed by atoms with Gasteiger partial charge in [-0.2, -0.15) is 0 Å². The number of nitrogen functional groups attached to an aromatic ring is 1. The Balaban J connectivity index is 2.43. The lowest BCUT2D eigenvalue weighted by Crippen LogP contribution is -2.18. The molecule has 8 nitrogen and oxygen atoms in total. The van der Waals surface area contributed by atoms with Crippen LogP contribution in [0.1, 0.15) is 0 Å². The first kappa shape index (κ1) is 13.1. The number of hydrogen-bond acceptors (Lipinski definition) is 8. The molecule has 4 N–H and O–H groups in total. The third-order valence-corrected chi connectivity index (χ3v) is 4.36. The number of halogens is 1. The average Bonchev–Trinajstić information content (AvgIpc) is 2.81. The highest BCUT2D eigenvalue weighted by Gasteiger charge is 2.21. The second-order valence-electron chi connectivity index (χ2n) is 3.03. The Morgan fingerprint density at radius 3 is 2.78 bits per heavy atom. The Hall–Kier alpha value is -1.30. The molecule has 0 aliphatic heterocycles. The van der Waals surface area contributed by atoms with Crippen molar-refractivity contribution in [2.24, 2.45) is 5.84 Å². The second kappa shape index (κ2) is 5.14. The molecule has 0 unspecified atom stereocenters. The molecule has 2 heterocycles. The summed E-state index contributed by atoms with van der Waals surface area (Å²) in [6.45, 7) is 0. The maximum absolute atomic E-state index is 12.1. The van der Waals surface area contributed by atoms with E-state index in [2.05, 4.69) is 40.6 Å². The van der Waals surface area contributed by atoms with Gasteiger partial charge >= 0.3 is 0 Å². The molecule has 0 amide bonds. The summed E-state index contributed by atoms with van der Waals surface area (Å²) in [5.74, 6) is 5.27. The Morgan fingerprint density at radius 2 is 2.17 bits per heavy atom. The van der Waals surface area contributed by atoms with E-state index in [0.29, 0.717) is 9.47 Å². The number of pyridine rings is 1. The first-order valence-corrected chi connectivity index (χ1v) is 7.50. The lowest BCUT2D eigenvalue weighted by molar-refractivity contribution is 0.601. The van der Waals surface area contributed by atoms with Crippen molar-refractivity contribution >= 4 is 48.3 Å². The number of sulfonamides is 1. The van der Waals surface area contributed by atoms with Gasteiger partial charge in [-0.1, -0.05) is 4.49 Å². The number of nitrogens with zero attached hydrogens (tertiary/aromatic N) is 3. The van der Waals surface area contributed by atoms with Crippen molar-refractivity contribution in [1.29, 1.82) is 0 Å². The smallest absolute Gasteiger partial charge is 0.266 e. The van der Waals surface area contributed by atoms with Gasteiger partial charge in [0.15, 0.2) is 5.82 Å². The van der Waals surface area contributed by atoms with Crippen LogP contribution in [-0.2, 0) is 10.0 Å². The predicted molar refractivity (Wildman–Crippen MR) is 70.5 cm³/mol. The maximum Gasteiger partial charge on any atom is 0.266 e. The quantitative estimate of drug-likeness (QED) is 0.549. The van der Waals surface area contributed by atoms with E-state index < -0.39 is 10.0 Å². The summed E-state index contributed by atoms with van der Waals surface area (Å²) in [6, 6.07) is 1.39. The zero-order valence-electron chi connectivity index (χ0n) is 8.66. The summed E-state index contributed by atoms with van der Waals surface area (Å²) in [4.78, 5) is 3.79. The minimum atomic E-state index is -3.80. The van der Waals surface area contributed by atoms with Crippen LogP contribution in [0.15, 0.2) is 27.8 Å². The van der Waals surface area contributed by atoms with E-state index in [0.717, 1.165) is 11.5 Å². The van der Waals surface area contributed by atoms with Crippen LogP contribution in [0.5, 0.6) is 0 Å². The van der Waals surface area contributed by atoms with Gasteiger partial charge in [0, 0.05) is 22.2 Å². The molecule has 0 saturated carbocycles. The minimum absolute atomic E-state index is 0.0446. The lowest BCUT2D eigenvalue weighted by atomic mass is 10.5. The number of nitrogens with two attached hydrogens (primary N) is 1. The number of aromatic nitrogens is 3. The van der Waals surface area contributed by atoms with Crippen molar-refractivity contribution in [3.05, 3.63) is 22.9 Å². The highest BCUT2D eigenvalue weighted by atomic mass is 79.9. The fraction of sp³-hybridized carbons (Fsp3) is 0. The molecular formula is C7H7BrN6O2S2. The summed E-state index contributed by atoms with van der Waals surface area (Å²) in [5, 5.41) is 3.84. The lowest BCUT2D eigenvalue weighted by Gasteiger charge is -2.09. The van der Waals surface area contributed by atoms with E-state index in [9.17, 15) is 8.42 Å². The SMILES string of the molecule is NNc1ncc(Br)cc1S(=O)(=O)Nc1cnns1. The van der Waals surface area contributed by atoms with Gasteiger partial charge in [0.05, 0.1) is 6.20 Å². The van der Waals surface area contributed by atoms with Gasteiger partial charge in [0.1, 0.15) is 9.90 Å². The van der Waals surface area contributed by atoms with E-state index in [4.69, 9.17) is 5.84 Å². The van der Waals surface area contributed by atoms with Crippen LogP contribution in [0.2, 0.25) is 0 Å². The Labute approximate surface area is 115 Å². The third-order valence-electron chi connectivity index (χ3n) is 1.84. The highest BCUT2D eigenvalue weighted by Crippen LogP contribution is 2.25. The molecular weight excluding hydrogens is 344 g/mol. The highest BCUT2D eigenvalue weighted by molar-refractivity contribution is 9.10. The van der Waals surface area contributed by atoms with E-state index >= 15 is 0 Å². The van der Waals surface area contributed by atoms with Crippen molar-refractivity contribution in [3.8, 4) is 0 Å². The normalized spacial score (nSPS) is 11.2. The Kier molecular flexibility index (Phi) is 3.75. The second-order valence-corrected chi connectivity index (χ2v) is 6.38. The summed E-state index contributed by atoms with van der Waals surface area (Å²) >= 11 is 4.08. The van der Waals surface area contributed by atoms with E-state index in [1.165, 1.54) is 18.5 Å². The van der Waals surface area contributed by atoms with Crippen LogP contribution in [0, 0.1) is 0 Å². The molecule has 18 heavy (non-hydrogen) atoms. The fourth-order valence-corrected chi connectivity index (χ4v) is 3.45. The van der Waals surface area contributed by atoms with Crippen molar-refractivity contribution in [3.63, 3.8) is 0 Å². The number of hydrogen-bond donors (Lipinski definition) is 3. The van der Waals surface area contributed by atoms with Crippen LogP contribution in [0.25, 0.3) is 0 Å². The molecule has 2 aromatic heterocycles. The fourth-order valence-electron chi connectivity index (χ4n) is 1.13. The molecule has 0 atom stereocenters. The zero-order chi connectivity index (χ0) is 13.2. The Morgan fingerprint density at radius 1 is 1.39 bits per heavy atom. The molecule has 0 saturated heterocycles. The van der Waals surface area contributed by atoms with Crippen molar-refractivity contribution in [2.75, 3.05) is 10.1 Å². The largest absolute Gasteiger partial charge is 0.307 e. The molecule has 96 valence electrons. The van der Waals surface area contributed by atoms with E-state index in [1.54, 1.807) is 0 Å². The van der Waals surface area contributed by atoms with Crippen LogP contribution < -0.4 is 16.0 Å². The molecule has 0 spiro atoms. The third kappa shape index (κ3) is 2.75. The first-order valence-electron chi connectivity index (χ1n) is 4.45. The number of rotatable bonds is 4. The van der Waals surface area contributed by atoms with Gasteiger partial charge in [-0.25, -0.2) is 19.2 Å². The van der Waals surface area contributed by atoms with Crippen LogP contribution in [0.3, 0.4) is 0 Å². The summed E-state index contributed by atoms with van der Waals surface area (Å²) in [5.41, 5.74) is 2.23. The monoisotopic (exact) mass is 350 g/mol. The number of nitrogens with one attached hydrogen (secondary N) is 2. The molecule has 2 aromatic rings. The molecule has 0 bridgehead atoms. The summed E-state index contributed by atoms with van der Waals surface area (Å²) < 4.78 is 30.6. The van der Waals surface area contributed by atoms with E-state index in [1.807, 2.05) is 0 Å². The molecule has 0 aromatic carbocycles. The zero-order valence-corrected chi connectivity index (χ0v) is 11.9. The van der Waals surface area contributed by atoms with Crippen molar-refractivity contribution in [1.82, 2.24) is 14.6 Å². The molecule has 0 aliphatic rings. The molecule has 11 heteroatoms. The van der Waals surface area contributed by atoms with E-state index in [-0.39, 0.29) is 10.7 Å².